The van der Waals surface area contributed by atoms with Gasteiger partial charge in [-0.05, 0) is 25.0 Å². The molecule has 0 atom stereocenters. The van der Waals surface area contributed by atoms with Gasteiger partial charge in [0.25, 0.3) is 5.91 Å². The van der Waals surface area contributed by atoms with Gasteiger partial charge in [0, 0.05) is 30.4 Å². The predicted molar refractivity (Wildman–Crippen MR) is 103 cm³/mol. The summed E-state index contributed by atoms with van der Waals surface area (Å²) in [5.41, 5.74) is 3.02. The zero-order valence-electron chi connectivity index (χ0n) is 16.5. The molecule has 0 radical (unpaired) electrons. The summed E-state index contributed by atoms with van der Waals surface area (Å²) in [6, 6.07) is 2.52. The van der Waals surface area contributed by atoms with Crippen LogP contribution in [0.2, 0.25) is 5.15 Å². The smallest absolute Gasteiger partial charge is 0.470 e. The van der Waals surface area contributed by atoms with Crippen molar-refractivity contribution < 1.29 is 40.3 Å². The summed E-state index contributed by atoms with van der Waals surface area (Å²) in [7, 11) is 0. The van der Waals surface area contributed by atoms with Gasteiger partial charge in [-0.15, -0.1) is 0 Å². The Balaban J connectivity index is 0.000000383. The quantitative estimate of drug-likeness (QED) is 0.527. The van der Waals surface area contributed by atoms with Gasteiger partial charge < -0.3 is 15.1 Å². The molecule has 0 spiro atoms. The fourth-order valence-corrected chi connectivity index (χ4v) is 3.37. The first-order chi connectivity index (χ1) is 15.3. The molecule has 4 rings (SSSR count). The number of aromatic nitrogens is 2. The number of alkyl halides is 6. The number of carbonyl (C=O) groups is 2. The van der Waals surface area contributed by atoms with Gasteiger partial charge in [-0.3, -0.25) is 14.0 Å². The largest absolute Gasteiger partial charge is 0.472 e. The minimum atomic E-state index is -4.86. The molecule has 1 aliphatic heterocycles. The van der Waals surface area contributed by atoms with Crippen molar-refractivity contribution in [3.8, 4) is 11.1 Å². The molecule has 4 heterocycles. The van der Waals surface area contributed by atoms with E-state index in [0.29, 0.717) is 18.7 Å². The number of amides is 2. The lowest BCUT2D eigenvalue weighted by Gasteiger charge is -2.13. The van der Waals surface area contributed by atoms with Crippen molar-refractivity contribution in [3.63, 3.8) is 0 Å². The van der Waals surface area contributed by atoms with Gasteiger partial charge in [0.05, 0.1) is 18.1 Å². The molecule has 3 aromatic rings. The number of hydrogen-bond acceptors (Lipinski definition) is 4. The summed E-state index contributed by atoms with van der Waals surface area (Å²) in [4.78, 5) is 27.2. The van der Waals surface area contributed by atoms with Crippen LogP contribution in [0.4, 0.5) is 26.3 Å². The molecule has 1 aliphatic rings. The van der Waals surface area contributed by atoms with Gasteiger partial charge in [0.2, 0.25) is 0 Å². The number of hydrogen-bond donors (Lipinski definition) is 1. The number of rotatable bonds is 2. The molecule has 0 unspecified atom stereocenters. The van der Waals surface area contributed by atoms with Crippen LogP contribution in [0, 0.1) is 0 Å². The summed E-state index contributed by atoms with van der Waals surface area (Å²) >= 11 is 6.25. The molecule has 178 valence electrons. The number of carbonyl (C=O) groups excluding carboxylic acids is 2. The Kier molecular flexibility index (Phi) is 6.63. The summed E-state index contributed by atoms with van der Waals surface area (Å²) in [5, 5.41) is -0.132. The maximum Gasteiger partial charge on any atom is 0.470 e. The number of imidazole rings is 1. The number of fused-ring (bicyclic) bond motifs is 1. The molecule has 1 saturated heterocycles. The molecule has 1 fully saturated rings. The summed E-state index contributed by atoms with van der Waals surface area (Å²) in [5.74, 6) is -2.71. The van der Waals surface area contributed by atoms with E-state index >= 15 is 0 Å². The van der Waals surface area contributed by atoms with E-state index in [-0.39, 0.29) is 16.4 Å². The van der Waals surface area contributed by atoms with E-state index in [9.17, 15) is 31.1 Å². The highest BCUT2D eigenvalue weighted by atomic mass is 35.5. The minimum absolute atomic E-state index is 0.132. The molecular formula is C19H15ClF6N4O3. The van der Waals surface area contributed by atoms with Crippen molar-refractivity contribution in [2.45, 2.75) is 25.2 Å². The van der Waals surface area contributed by atoms with Gasteiger partial charge in [-0.1, -0.05) is 11.6 Å². The Hall–Kier alpha value is -3.22. The van der Waals surface area contributed by atoms with Gasteiger partial charge in [-0.2, -0.15) is 26.3 Å². The van der Waals surface area contributed by atoms with Crippen LogP contribution in [0.3, 0.4) is 0 Å². The minimum Gasteiger partial charge on any atom is -0.472 e. The lowest BCUT2D eigenvalue weighted by atomic mass is 10.1. The SMILES string of the molecule is NC(=O)C(F)(F)F.O=C(c1nc2c(C(F)(F)F)cc(-c3ccoc3)cn2c1Cl)N1CCCC1. The van der Waals surface area contributed by atoms with E-state index in [1.54, 1.807) is 11.0 Å². The van der Waals surface area contributed by atoms with E-state index < -0.39 is 35.4 Å². The lowest BCUT2D eigenvalue weighted by Crippen LogP contribution is -2.30. The molecule has 3 aromatic heterocycles. The Morgan fingerprint density at radius 2 is 1.70 bits per heavy atom. The van der Waals surface area contributed by atoms with Crippen molar-refractivity contribution >= 4 is 29.1 Å². The Bertz CT molecular complexity index is 1170. The van der Waals surface area contributed by atoms with Crippen molar-refractivity contribution in [3.05, 3.63) is 47.3 Å². The van der Waals surface area contributed by atoms with Crippen LogP contribution in [0.25, 0.3) is 16.8 Å². The standard InChI is InChI=1S/C17H13ClF3N3O2.C2H2F3NO/c18-14-13(16(25)23-4-1-2-5-23)22-15-12(17(19,20)21)7-11(8-24(14)15)10-3-6-26-9-10;3-2(4,5)1(6)7/h3,6-9H,1-2,4-5H2;(H2,6,7). The molecule has 0 bridgehead atoms. The van der Waals surface area contributed by atoms with Crippen LogP contribution >= 0.6 is 11.6 Å². The first kappa shape index (κ1) is 24.4. The third-order valence-electron chi connectivity index (χ3n) is 4.70. The number of halogens is 7. The second-order valence-electron chi connectivity index (χ2n) is 6.96. The van der Waals surface area contributed by atoms with E-state index in [2.05, 4.69) is 10.7 Å². The van der Waals surface area contributed by atoms with Crippen LogP contribution in [0.15, 0.2) is 35.3 Å². The van der Waals surface area contributed by atoms with E-state index in [4.69, 9.17) is 20.8 Å². The van der Waals surface area contributed by atoms with Gasteiger partial charge >= 0.3 is 18.3 Å². The lowest BCUT2D eigenvalue weighted by molar-refractivity contribution is -0.169. The molecule has 2 N–H and O–H groups in total. The molecule has 0 aliphatic carbocycles. The number of pyridine rings is 1. The Morgan fingerprint density at radius 1 is 1.09 bits per heavy atom. The van der Waals surface area contributed by atoms with Crippen LogP contribution in [0.1, 0.15) is 28.9 Å². The Morgan fingerprint density at radius 3 is 2.18 bits per heavy atom. The zero-order valence-corrected chi connectivity index (χ0v) is 17.3. The second kappa shape index (κ2) is 8.96. The molecular weight excluding hydrogens is 482 g/mol. The molecule has 7 nitrogen and oxygen atoms in total. The normalized spacial score (nSPS) is 14.3. The topological polar surface area (TPSA) is 93.8 Å². The first-order valence-corrected chi connectivity index (χ1v) is 9.65. The van der Waals surface area contributed by atoms with Crippen molar-refractivity contribution in [1.29, 1.82) is 0 Å². The Labute approximate surface area is 186 Å². The monoisotopic (exact) mass is 496 g/mol. The van der Waals surface area contributed by atoms with Gasteiger partial charge in [-0.25, -0.2) is 4.98 Å². The highest BCUT2D eigenvalue weighted by Crippen LogP contribution is 2.37. The maximum atomic E-state index is 13.6. The number of nitrogens with two attached hydrogens (primary N) is 1. The van der Waals surface area contributed by atoms with Crippen LogP contribution < -0.4 is 5.73 Å². The van der Waals surface area contributed by atoms with E-state index in [1.807, 2.05) is 0 Å². The van der Waals surface area contributed by atoms with Crippen molar-refractivity contribution in [2.75, 3.05) is 13.1 Å². The number of likely N-dealkylation sites (tertiary alicyclic amines) is 1. The fourth-order valence-electron chi connectivity index (χ4n) is 3.12. The van der Waals surface area contributed by atoms with Gasteiger partial charge in [0.1, 0.15) is 5.15 Å². The summed E-state index contributed by atoms with van der Waals surface area (Å²) in [6.45, 7) is 1.10. The number of primary amides is 1. The molecule has 33 heavy (non-hydrogen) atoms. The highest BCUT2D eigenvalue weighted by molar-refractivity contribution is 6.33. The van der Waals surface area contributed by atoms with E-state index in [1.165, 1.54) is 18.7 Å². The maximum absolute atomic E-state index is 13.6. The van der Waals surface area contributed by atoms with Crippen molar-refractivity contribution in [1.82, 2.24) is 14.3 Å². The van der Waals surface area contributed by atoms with Crippen molar-refractivity contribution in [2.24, 2.45) is 5.73 Å². The highest BCUT2D eigenvalue weighted by Gasteiger charge is 2.37. The van der Waals surface area contributed by atoms with E-state index in [0.717, 1.165) is 23.3 Å². The summed E-state index contributed by atoms with van der Waals surface area (Å²) in [6.07, 6.45) is -3.67. The predicted octanol–water partition coefficient (Wildman–Crippen LogP) is 4.54. The number of nitrogens with zero attached hydrogens (tertiary/aromatic N) is 3. The molecule has 2 amide bonds. The molecule has 14 heteroatoms. The zero-order chi connectivity index (χ0) is 24.6. The van der Waals surface area contributed by atoms with Crippen LogP contribution in [-0.2, 0) is 11.0 Å². The number of furan rings is 1. The van der Waals surface area contributed by atoms with Crippen LogP contribution in [-0.4, -0.2) is 45.4 Å². The first-order valence-electron chi connectivity index (χ1n) is 9.28. The third kappa shape index (κ3) is 5.24. The average molecular weight is 497 g/mol. The third-order valence-corrected chi connectivity index (χ3v) is 5.06. The second-order valence-corrected chi connectivity index (χ2v) is 7.32. The molecule has 0 saturated carbocycles. The molecule has 0 aromatic carbocycles. The van der Waals surface area contributed by atoms with Crippen LogP contribution in [0.5, 0.6) is 0 Å². The van der Waals surface area contributed by atoms with Gasteiger partial charge in [0.15, 0.2) is 11.3 Å². The fraction of sp³-hybridized carbons (Fsp3) is 0.316. The summed E-state index contributed by atoms with van der Waals surface area (Å²) < 4.78 is 78.9. The average Bonchev–Trinajstić information content (AvgIpc) is 3.48.